The number of aliphatic carboxylic acids is 1. The third kappa shape index (κ3) is 6.40. The molecular weight excluding hydrogens is 392 g/mol. The molecule has 0 aromatic heterocycles. The van der Waals surface area contributed by atoms with Crippen LogP contribution in [0.15, 0.2) is 0 Å². The Morgan fingerprint density at radius 1 is 1.13 bits per heavy atom. The number of aliphatic hydroxyl groups excluding tert-OH is 1. The Kier molecular flexibility index (Phi) is 8.60. The van der Waals surface area contributed by atoms with Crippen molar-refractivity contribution in [1.82, 2.24) is 20.9 Å². The van der Waals surface area contributed by atoms with E-state index in [2.05, 4.69) is 16.0 Å². The molecular formula is C20H34N4O6. The summed E-state index contributed by atoms with van der Waals surface area (Å²) in [5.41, 5.74) is 0. The molecule has 4 atom stereocenters. The molecule has 30 heavy (non-hydrogen) atoms. The number of Topliss-reactive ketones (excluding diaryl/α,β-unsaturated/α-hetero) is 1. The van der Waals surface area contributed by atoms with E-state index >= 15 is 0 Å². The monoisotopic (exact) mass is 426 g/mol. The third-order valence-electron chi connectivity index (χ3n) is 5.70. The molecule has 2 aliphatic rings. The fraction of sp³-hybridized carbons (Fsp3) is 0.800. The lowest BCUT2D eigenvalue weighted by atomic mass is 9.97. The number of aliphatic hydroxyl groups is 1. The Bertz CT molecular complexity index is 651. The lowest BCUT2D eigenvalue weighted by molar-refractivity contribution is -0.141. The van der Waals surface area contributed by atoms with E-state index in [1.807, 2.05) is 13.8 Å². The van der Waals surface area contributed by atoms with Crippen molar-refractivity contribution >= 4 is 23.7 Å². The number of hydrogen-bond acceptors (Lipinski definition) is 6. The van der Waals surface area contributed by atoms with Crippen LogP contribution >= 0.6 is 0 Å². The number of carboxylic acid groups (broad SMARTS) is 1. The SMILES string of the molecule is CC[C@H](NC(O)[C@@H]1CCCN1C(=O)CNC(=O)N[C@H](C(=O)C1CC1)C(C)C)C(=O)O. The maximum absolute atomic E-state index is 12.6. The summed E-state index contributed by atoms with van der Waals surface area (Å²) in [7, 11) is 0. The fourth-order valence-corrected chi connectivity index (χ4v) is 3.75. The molecule has 1 heterocycles. The van der Waals surface area contributed by atoms with E-state index in [1.165, 1.54) is 4.90 Å². The van der Waals surface area contributed by atoms with Gasteiger partial charge < -0.3 is 25.7 Å². The molecule has 2 fully saturated rings. The highest BCUT2D eigenvalue weighted by molar-refractivity contribution is 5.92. The van der Waals surface area contributed by atoms with Crippen molar-refractivity contribution < 1.29 is 29.4 Å². The Balaban J connectivity index is 1.85. The number of ketones is 1. The number of likely N-dealkylation sites (tertiary alicyclic amines) is 1. The first-order valence-corrected chi connectivity index (χ1v) is 10.7. The largest absolute Gasteiger partial charge is 0.480 e. The summed E-state index contributed by atoms with van der Waals surface area (Å²) in [6.07, 6.45) is 2.05. The maximum atomic E-state index is 12.6. The first-order valence-electron chi connectivity index (χ1n) is 10.7. The van der Waals surface area contributed by atoms with Crippen LogP contribution < -0.4 is 16.0 Å². The van der Waals surface area contributed by atoms with E-state index in [9.17, 15) is 24.3 Å². The van der Waals surface area contributed by atoms with E-state index in [-0.39, 0.29) is 30.1 Å². The van der Waals surface area contributed by atoms with Crippen molar-refractivity contribution in [2.24, 2.45) is 11.8 Å². The quantitative estimate of drug-likeness (QED) is 0.293. The highest BCUT2D eigenvalue weighted by Gasteiger charge is 2.38. The van der Waals surface area contributed by atoms with Crippen LogP contribution in [0.5, 0.6) is 0 Å². The lowest BCUT2D eigenvalue weighted by Gasteiger charge is -2.31. The van der Waals surface area contributed by atoms with Gasteiger partial charge in [-0.2, -0.15) is 0 Å². The van der Waals surface area contributed by atoms with Crippen molar-refractivity contribution in [3.05, 3.63) is 0 Å². The van der Waals surface area contributed by atoms with E-state index in [0.717, 1.165) is 12.8 Å². The molecule has 1 saturated carbocycles. The Hall–Kier alpha value is -2.20. The highest BCUT2D eigenvalue weighted by atomic mass is 16.4. The minimum Gasteiger partial charge on any atom is -0.480 e. The predicted molar refractivity (Wildman–Crippen MR) is 108 cm³/mol. The molecule has 1 aliphatic heterocycles. The van der Waals surface area contributed by atoms with Gasteiger partial charge in [-0.25, -0.2) is 4.79 Å². The van der Waals surface area contributed by atoms with Gasteiger partial charge in [-0.1, -0.05) is 20.8 Å². The molecule has 0 bridgehead atoms. The van der Waals surface area contributed by atoms with Crippen LogP contribution in [-0.2, 0) is 14.4 Å². The standard InChI is InChI=1S/C20H34N4O6/c1-4-13(19(28)29)22-18(27)14-6-5-9-24(14)15(25)10-21-20(30)23-16(11(2)3)17(26)12-7-8-12/h11-14,16,18,22,27H,4-10H2,1-3H3,(H,28,29)(H2,21,23,30)/t13-,14-,16-,18?/m0/s1. The molecule has 170 valence electrons. The molecule has 1 aliphatic carbocycles. The van der Waals surface area contributed by atoms with Gasteiger partial charge in [-0.3, -0.25) is 19.7 Å². The predicted octanol–water partition coefficient (Wildman–Crippen LogP) is 0.0515. The van der Waals surface area contributed by atoms with Gasteiger partial charge in [0.15, 0.2) is 5.78 Å². The third-order valence-corrected chi connectivity index (χ3v) is 5.70. The second-order valence-corrected chi connectivity index (χ2v) is 8.43. The van der Waals surface area contributed by atoms with Gasteiger partial charge in [-0.15, -0.1) is 0 Å². The van der Waals surface area contributed by atoms with Gasteiger partial charge in [0, 0.05) is 12.5 Å². The average molecular weight is 427 g/mol. The molecule has 10 heteroatoms. The summed E-state index contributed by atoms with van der Waals surface area (Å²) < 4.78 is 0. The summed E-state index contributed by atoms with van der Waals surface area (Å²) >= 11 is 0. The van der Waals surface area contributed by atoms with Crippen LogP contribution in [0, 0.1) is 11.8 Å². The molecule has 2 rings (SSSR count). The van der Waals surface area contributed by atoms with Crippen molar-refractivity contribution in [1.29, 1.82) is 0 Å². The molecule has 1 saturated heterocycles. The van der Waals surface area contributed by atoms with Gasteiger partial charge in [0.05, 0.1) is 18.6 Å². The van der Waals surface area contributed by atoms with Crippen molar-refractivity contribution in [2.75, 3.05) is 13.1 Å². The Morgan fingerprint density at radius 3 is 2.33 bits per heavy atom. The van der Waals surface area contributed by atoms with E-state index in [1.54, 1.807) is 6.92 Å². The highest BCUT2D eigenvalue weighted by Crippen LogP contribution is 2.32. The minimum atomic E-state index is -1.17. The Labute approximate surface area is 176 Å². The van der Waals surface area contributed by atoms with Crippen LogP contribution in [0.3, 0.4) is 0 Å². The van der Waals surface area contributed by atoms with Crippen molar-refractivity contribution in [2.45, 2.75) is 77.2 Å². The number of carbonyl (C=O) groups excluding carboxylic acids is 3. The Morgan fingerprint density at radius 2 is 1.80 bits per heavy atom. The van der Waals surface area contributed by atoms with Crippen LogP contribution in [0.1, 0.15) is 52.9 Å². The zero-order valence-corrected chi connectivity index (χ0v) is 17.9. The van der Waals surface area contributed by atoms with Gasteiger partial charge in [0.1, 0.15) is 12.3 Å². The van der Waals surface area contributed by atoms with E-state index in [4.69, 9.17) is 5.11 Å². The van der Waals surface area contributed by atoms with Crippen LogP contribution in [0.4, 0.5) is 4.79 Å². The molecule has 0 radical (unpaired) electrons. The zero-order chi connectivity index (χ0) is 22.4. The summed E-state index contributed by atoms with van der Waals surface area (Å²) in [6, 6.07) is -2.63. The van der Waals surface area contributed by atoms with Gasteiger partial charge in [0.25, 0.3) is 0 Å². The topological polar surface area (TPSA) is 148 Å². The molecule has 10 nitrogen and oxygen atoms in total. The number of nitrogens with one attached hydrogen (secondary N) is 3. The number of nitrogens with zero attached hydrogens (tertiary/aromatic N) is 1. The summed E-state index contributed by atoms with van der Waals surface area (Å²) in [6.45, 7) is 5.56. The van der Waals surface area contributed by atoms with Gasteiger partial charge >= 0.3 is 12.0 Å². The van der Waals surface area contributed by atoms with E-state index in [0.29, 0.717) is 25.8 Å². The average Bonchev–Trinajstić information content (AvgIpc) is 3.43. The number of carboxylic acids is 1. The van der Waals surface area contributed by atoms with Crippen LogP contribution in [0.2, 0.25) is 0 Å². The summed E-state index contributed by atoms with van der Waals surface area (Å²) in [5.74, 6) is -1.43. The van der Waals surface area contributed by atoms with Gasteiger partial charge in [-0.05, 0) is 38.0 Å². The van der Waals surface area contributed by atoms with Crippen molar-refractivity contribution in [3.8, 4) is 0 Å². The maximum Gasteiger partial charge on any atom is 0.320 e. The second-order valence-electron chi connectivity index (χ2n) is 8.43. The van der Waals surface area contributed by atoms with E-state index < -0.39 is 36.4 Å². The van der Waals surface area contributed by atoms with Crippen LogP contribution in [-0.4, -0.2) is 76.2 Å². The lowest BCUT2D eigenvalue weighted by Crippen LogP contribution is -2.55. The minimum absolute atomic E-state index is 0.0245. The smallest absolute Gasteiger partial charge is 0.320 e. The molecule has 1 unspecified atom stereocenters. The number of urea groups is 1. The molecule has 0 aromatic carbocycles. The molecule has 0 aromatic rings. The first-order chi connectivity index (χ1) is 14.1. The first kappa shape index (κ1) is 24.1. The number of amides is 3. The molecule has 3 amide bonds. The van der Waals surface area contributed by atoms with Crippen molar-refractivity contribution in [3.63, 3.8) is 0 Å². The summed E-state index contributed by atoms with van der Waals surface area (Å²) in [5, 5.41) is 27.3. The second kappa shape index (κ2) is 10.7. The van der Waals surface area contributed by atoms with Gasteiger partial charge in [0.2, 0.25) is 5.91 Å². The normalized spacial score (nSPS) is 21.8. The molecule has 5 N–H and O–H groups in total. The number of carbonyl (C=O) groups is 4. The zero-order valence-electron chi connectivity index (χ0n) is 17.9. The molecule has 0 spiro atoms. The fourth-order valence-electron chi connectivity index (χ4n) is 3.75. The number of hydrogen-bond donors (Lipinski definition) is 5. The number of rotatable bonds is 11. The van der Waals surface area contributed by atoms with Crippen LogP contribution in [0.25, 0.3) is 0 Å². The summed E-state index contributed by atoms with van der Waals surface area (Å²) in [4.78, 5) is 49.8.